The highest BCUT2D eigenvalue weighted by molar-refractivity contribution is 7.89. The van der Waals surface area contributed by atoms with Crippen LogP contribution in [0.4, 0.5) is 0 Å². The molecular formula is C18H28N2O5S. The number of amides is 1. The zero-order chi connectivity index (χ0) is 19.7. The molecule has 0 bridgehead atoms. The summed E-state index contributed by atoms with van der Waals surface area (Å²) in [5.41, 5.74) is 0.916. The Hall–Kier alpha value is -1.93. The quantitative estimate of drug-likeness (QED) is 0.608. The van der Waals surface area contributed by atoms with Crippen LogP contribution in [0.5, 0.6) is 0 Å². The number of hydrogen-bond donors (Lipinski definition) is 2. The molecule has 8 heteroatoms. The van der Waals surface area contributed by atoms with Crippen molar-refractivity contribution in [1.29, 1.82) is 0 Å². The summed E-state index contributed by atoms with van der Waals surface area (Å²) >= 11 is 0. The number of carbonyl (C=O) groups excluding carboxylic acids is 1. The normalized spacial score (nSPS) is 12.6. The van der Waals surface area contributed by atoms with E-state index in [4.69, 9.17) is 5.11 Å². The summed E-state index contributed by atoms with van der Waals surface area (Å²) in [5, 5.41) is 8.93. The summed E-state index contributed by atoms with van der Waals surface area (Å²) in [7, 11) is -3.92. The number of carbonyl (C=O) groups is 2. The Kier molecular flexibility index (Phi) is 8.74. The van der Waals surface area contributed by atoms with Crippen LogP contribution in [0, 0.1) is 6.92 Å². The topological polar surface area (TPSA) is 104 Å². The van der Waals surface area contributed by atoms with Gasteiger partial charge in [-0.3, -0.25) is 9.59 Å². The van der Waals surface area contributed by atoms with E-state index in [-0.39, 0.29) is 23.6 Å². The van der Waals surface area contributed by atoms with Crippen molar-refractivity contribution in [2.75, 3.05) is 13.1 Å². The van der Waals surface area contributed by atoms with Crippen LogP contribution in [-0.4, -0.2) is 49.4 Å². The molecule has 0 saturated heterocycles. The zero-order valence-electron chi connectivity index (χ0n) is 15.6. The van der Waals surface area contributed by atoms with E-state index in [0.29, 0.717) is 13.1 Å². The first-order chi connectivity index (χ1) is 12.2. The SMILES string of the molecule is CCCN(CCC)C(=O)C(CCC(=O)O)NS(=O)(=O)c1ccc(C)cc1. The predicted molar refractivity (Wildman–Crippen MR) is 99.3 cm³/mol. The summed E-state index contributed by atoms with van der Waals surface area (Å²) in [6.07, 6.45) is 1.09. The van der Waals surface area contributed by atoms with Crippen LogP contribution in [0.3, 0.4) is 0 Å². The van der Waals surface area contributed by atoms with Gasteiger partial charge in [-0.2, -0.15) is 4.72 Å². The molecule has 1 rings (SSSR count). The molecule has 1 aromatic carbocycles. The molecule has 0 aliphatic rings. The van der Waals surface area contributed by atoms with E-state index in [9.17, 15) is 18.0 Å². The van der Waals surface area contributed by atoms with E-state index in [1.165, 1.54) is 12.1 Å². The van der Waals surface area contributed by atoms with E-state index in [1.54, 1.807) is 17.0 Å². The maximum absolute atomic E-state index is 12.8. The Balaban J connectivity index is 3.06. The van der Waals surface area contributed by atoms with Crippen molar-refractivity contribution in [2.24, 2.45) is 0 Å². The van der Waals surface area contributed by atoms with Gasteiger partial charge >= 0.3 is 5.97 Å². The number of rotatable bonds is 11. The van der Waals surface area contributed by atoms with Crippen molar-refractivity contribution in [3.05, 3.63) is 29.8 Å². The molecule has 0 fully saturated rings. The standard InChI is InChI=1S/C18H28N2O5S/c1-4-12-20(13-5-2)18(23)16(10-11-17(21)22)19-26(24,25)15-8-6-14(3)7-9-15/h6-9,16,19H,4-5,10-13H2,1-3H3,(H,21,22). The largest absolute Gasteiger partial charge is 0.481 e. The van der Waals surface area contributed by atoms with Crippen LogP contribution in [0.25, 0.3) is 0 Å². The Bertz CT molecular complexity index is 695. The minimum Gasteiger partial charge on any atom is -0.481 e. The molecule has 7 nitrogen and oxygen atoms in total. The molecule has 0 spiro atoms. The zero-order valence-corrected chi connectivity index (χ0v) is 16.4. The molecule has 1 aromatic rings. The number of aryl methyl sites for hydroxylation is 1. The number of sulfonamides is 1. The summed E-state index contributed by atoms with van der Waals surface area (Å²) in [5.74, 6) is -1.46. The predicted octanol–water partition coefficient (Wildman–Crippen LogP) is 2.16. The van der Waals surface area contributed by atoms with Gasteiger partial charge in [0.1, 0.15) is 6.04 Å². The van der Waals surface area contributed by atoms with Gasteiger partial charge in [-0.25, -0.2) is 8.42 Å². The average Bonchev–Trinajstić information content (AvgIpc) is 2.58. The lowest BCUT2D eigenvalue weighted by molar-refractivity contribution is -0.137. The molecule has 1 amide bonds. The summed E-state index contributed by atoms with van der Waals surface area (Å²) in [4.78, 5) is 25.4. The van der Waals surface area contributed by atoms with Gasteiger partial charge in [0.15, 0.2) is 0 Å². The van der Waals surface area contributed by atoms with Crippen molar-refractivity contribution in [3.63, 3.8) is 0 Å². The second-order valence-electron chi connectivity index (χ2n) is 6.24. The Morgan fingerprint density at radius 1 is 1.12 bits per heavy atom. The molecule has 0 saturated carbocycles. The Morgan fingerprint density at radius 3 is 2.12 bits per heavy atom. The lowest BCUT2D eigenvalue weighted by Crippen LogP contribution is -2.49. The van der Waals surface area contributed by atoms with E-state index in [2.05, 4.69) is 4.72 Å². The van der Waals surface area contributed by atoms with Crippen LogP contribution in [0.2, 0.25) is 0 Å². The monoisotopic (exact) mass is 384 g/mol. The molecule has 2 N–H and O–H groups in total. The number of nitrogens with one attached hydrogen (secondary N) is 1. The van der Waals surface area contributed by atoms with Gasteiger partial charge in [-0.05, 0) is 38.3 Å². The fourth-order valence-electron chi connectivity index (χ4n) is 2.57. The average molecular weight is 384 g/mol. The molecule has 1 unspecified atom stereocenters. The minimum atomic E-state index is -3.92. The third kappa shape index (κ3) is 6.76. The van der Waals surface area contributed by atoms with Crippen LogP contribution < -0.4 is 4.72 Å². The minimum absolute atomic E-state index is 0.0498. The maximum Gasteiger partial charge on any atom is 0.303 e. The summed E-state index contributed by atoms with van der Waals surface area (Å²) in [6.45, 7) is 6.71. The van der Waals surface area contributed by atoms with Crippen molar-refractivity contribution in [3.8, 4) is 0 Å². The van der Waals surface area contributed by atoms with Crippen molar-refractivity contribution < 1.29 is 23.1 Å². The van der Waals surface area contributed by atoms with Gasteiger partial charge in [0.25, 0.3) is 0 Å². The number of carboxylic acid groups (broad SMARTS) is 1. The first-order valence-electron chi connectivity index (χ1n) is 8.80. The summed E-state index contributed by atoms with van der Waals surface area (Å²) in [6, 6.07) is 5.17. The molecular weight excluding hydrogens is 356 g/mol. The van der Waals surface area contributed by atoms with Crippen LogP contribution >= 0.6 is 0 Å². The highest BCUT2D eigenvalue weighted by Gasteiger charge is 2.29. The van der Waals surface area contributed by atoms with Gasteiger partial charge in [0.05, 0.1) is 4.90 Å². The number of nitrogens with zero attached hydrogens (tertiary/aromatic N) is 1. The first-order valence-corrected chi connectivity index (χ1v) is 10.3. The van der Waals surface area contributed by atoms with Gasteiger partial charge in [-0.15, -0.1) is 0 Å². The molecule has 26 heavy (non-hydrogen) atoms. The van der Waals surface area contributed by atoms with E-state index in [0.717, 1.165) is 18.4 Å². The van der Waals surface area contributed by atoms with E-state index < -0.39 is 22.0 Å². The van der Waals surface area contributed by atoms with Crippen molar-refractivity contribution in [1.82, 2.24) is 9.62 Å². The Labute approximate surface area is 155 Å². The third-order valence-electron chi connectivity index (χ3n) is 3.87. The van der Waals surface area contributed by atoms with Gasteiger partial charge < -0.3 is 10.0 Å². The molecule has 146 valence electrons. The molecule has 1 atom stereocenters. The molecule has 0 aliphatic heterocycles. The van der Waals surface area contributed by atoms with Crippen LogP contribution in [0.15, 0.2) is 29.2 Å². The number of aliphatic carboxylic acids is 1. The van der Waals surface area contributed by atoms with E-state index in [1.807, 2.05) is 20.8 Å². The van der Waals surface area contributed by atoms with Crippen molar-refractivity contribution in [2.45, 2.75) is 57.4 Å². The highest BCUT2D eigenvalue weighted by Crippen LogP contribution is 2.13. The lowest BCUT2D eigenvalue weighted by Gasteiger charge is -2.27. The number of hydrogen-bond acceptors (Lipinski definition) is 4. The first kappa shape index (κ1) is 22.1. The third-order valence-corrected chi connectivity index (χ3v) is 5.36. The van der Waals surface area contributed by atoms with Gasteiger partial charge in [0.2, 0.25) is 15.9 Å². The summed E-state index contributed by atoms with van der Waals surface area (Å²) < 4.78 is 27.6. The number of carboxylic acids is 1. The molecule has 0 aliphatic carbocycles. The smallest absolute Gasteiger partial charge is 0.303 e. The second-order valence-corrected chi connectivity index (χ2v) is 7.96. The maximum atomic E-state index is 12.8. The van der Waals surface area contributed by atoms with Crippen LogP contribution in [-0.2, 0) is 19.6 Å². The molecule has 0 radical (unpaired) electrons. The van der Waals surface area contributed by atoms with Crippen molar-refractivity contribution >= 4 is 21.9 Å². The van der Waals surface area contributed by atoms with Crippen LogP contribution in [0.1, 0.15) is 45.1 Å². The highest BCUT2D eigenvalue weighted by atomic mass is 32.2. The molecule has 0 heterocycles. The van der Waals surface area contributed by atoms with Gasteiger partial charge in [0, 0.05) is 19.5 Å². The van der Waals surface area contributed by atoms with E-state index >= 15 is 0 Å². The fraction of sp³-hybridized carbons (Fsp3) is 0.556. The van der Waals surface area contributed by atoms with Gasteiger partial charge in [-0.1, -0.05) is 31.5 Å². The second kappa shape index (κ2) is 10.3. The number of benzene rings is 1. The lowest BCUT2D eigenvalue weighted by atomic mass is 10.1. The Morgan fingerprint density at radius 2 is 1.65 bits per heavy atom. The molecule has 0 aromatic heterocycles. The fourth-order valence-corrected chi connectivity index (χ4v) is 3.79.